The first kappa shape index (κ1) is 23.8. The molecule has 0 bridgehead atoms. The molecule has 0 aromatic carbocycles. The van der Waals surface area contributed by atoms with E-state index in [1.54, 1.807) is 41.5 Å². The molecule has 1 aromatic heterocycles. The zero-order valence-corrected chi connectivity index (χ0v) is 18.0. The van der Waals surface area contributed by atoms with Gasteiger partial charge in [0.15, 0.2) is 12.4 Å². The number of alkyl halides is 3. The van der Waals surface area contributed by atoms with Gasteiger partial charge in [-0.2, -0.15) is 13.2 Å². The molecular formula is C22H27F3N4O3. The first-order valence-electron chi connectivity index (χ1n) is 10.4. The van der Waals surface area contributed by atoms with E-state index in [9.17, 15) is 18.0 Å². The highest BCUT2D eigenvalue weighted by Gasteiger charge is 2.30. The van der Waals surface area contributed by atoms with Crippen LogP contribution in [-0.2, 0) is 4.79 Å². The molecule has 1 N–H and O–H groups in total. The maximum Gasteiger partial charge on any atom is 0.422 e. The number of hydrogen-bond donors (Lipinski definition) is 1. The average molecular weight is 452 g/mol. The van der Waals surface area contributed by atoms with Crippen molar-refractivity contribution in [3.8, 4) is 11.6 Å². The smallest absolute Gasteiger partial charge is 0.422 e. The van der Waals surface area contributed by atoms with Gasteiger partial charge in [0.1, 0.15) is 18.1 Å². The van der Waals surface area contributed by atoms with Crippen molar-refractivity contribution >= 4 is 6.29 Å². The molecule has 7 nitrogen and oxygen atoms in total. The lowest BCUT2D eigenvalue weighted by Gasteiger charge is -2.28. The van der Waals surface area contributed by atoms with Crippen molar-refractivity contribution < 1.29 is 27.4 Å². The number of hydrogen-bond acceptors (Lipinski definition) is 7. The van der Waals surface area contributed by atoms with Gasteiger partial charge >= 0.3 is 6.18 Å². The van der Waals surface area contributed by atoms with E-state index in [4.69, 9.17) is 9.47 Å². The Bertz CT molecular complexity index is 879. The van der Waals surface area contributed by atoms with Crippen LogP contribution < -0.4 is 14.8 Å². The van der Waals surface area contributed by atoms with Crippen molar-refractivity contribution in [2.75, 3.05) is 20.7 Å². The van der Waals surface area contributed by atoms with Gasteiger partial charge in [0.25, 0.3) is 5.88 Å². The van der Waals surface area contributed by atoms with Crippen molar-refractivity contribution in [3.63, 3.8) is 0 Å². The van der Waals surface area contributed by atoms with Crippen molar-refractivity contribution in [2.24, 2.45) is 0 Å². The fourth-order valence-corrected chi connectivity index (χ4v) is 3.57. The van der Waals surface area contributed by atoms with Gasteiger partial charge in [0.05, 0.1) is 5.70 Å². The third-order valence-electron chi connectivity index (χ3n) is 5.29. The van der Waals surface area contributed by atoms with E-state index >= 15 is 0 Å². The normalized spacial score (nSPS) is 20.8. The SMILES string of the molecule is CN1C(C=O)C=C2C=C(Oc3ncccc3OCC(F)(F)F)C=CN21.CNC1CCCC1. The Morgan fingerprint density at radius 1 is 1.31 bits per heavy atom. The number of allylic oxidation sites excluding steroid dienone is 2. The van der Waals surface area contributed by atoms with E-state index in [1.165, 1.54) is 44.0 Å². The number of carbonyl (C=O) groups excluding carboxylic acids is 1. The Morgan fingerprint density at radius 3 is 2.69 bits per heavy atom. The minimum atomic E-state index is -4.46. The quantitative estimate of drug-likeness (QED) is 0.662. The van der Waals surface area contributed by atoms with Crippen LogP contribution in [-0.4, -0.2) is 60.3 Å². The molecule has 1 saturated carbocycles. The number of halogens is 3. The fourth-order valence-electron chi connectivity index (χ4n) is 3.57. The van der Waals surface area contributed by atoms with Crippen LogP contribution >= 0.6 is 0 Å². The van der Waals surface area contributed by atoms with Crippen LogP contribution in [0.15, 0.2) is 54.2 Å². The lowest BCUT2D eigenvalue weighted by molar-refractivity contribution is -0.153. The molecule has 0 amide bonds. The van der Waals surface area contributed by atoms with Crippen LogP contribution in [0, 0.1) is 0 Å². The Labute approximate surface area is 185 Å². The van der Waals surface area contributed by atoms with Gasteiger partial charge in [-0.15, -0.1) is 0 Å². The van der Waals surface area contributed by atoms with Crippen LogP contribution in [0.2, 0.25) is 0 Å². The second kappa shape index (κ2) is 10.6. The number of rotatable bonds is 6. The van der Waals surface area contributed by atoms with Gasteiger partial charge < -0.3 is 19.6 Å². The number of likely N-dealkylation sites (N-methyl/N-ethyl adjacent to an activating group) is 1. The molecule has 0 spiro atoms. The molecule has 4 rings (SSSR count). The summed E-state index contributed by atoms with van der Waals surface area (Å²) in [4.78, 5) is 14.9. The number of nitrogens with one attached hydrogen (secondary N) is 1. The van der Waals surface area contributed by atoms with Crippen LogP contribution in [0.4, 0.5) is 13.2 Å². The molecule has 1 unspecified atom stereocenters. The highest BCUT2D eigenvalue weighted by atomic mass is 19.4. The number of aromatic nitrogens is 1. The van der Waals surface area contributed by atoms with Crippen LogP contribution in [0.3, 0.4) is 0 Å². The van der Waals surface area contributed by atoms with Crippen LogP contribution in [0.1, 0.15) is 25.7 Å². The predicted molar refractivity (Wildman–Crippen MR) is 112 cm³/mol. The summed E-state index contributed by atoms with van der Waals surface area (Å²) in [5.41, 5.74) is 0.714. The Balaban J connectivity index is 0.000000352. The maximum absolute atomic E-state index is 12.3. The lowest BCUT2D eigenvalue weighted by Crippen LogP contribution is -2.37. The van der Waals surface area contributed by atoms with E-state index < -0.39 is 18.8 Å². The van der Waals surface area contributed by atoms with E-state index in [1.807, 2.05) is 0 Å². The van der Waals surface area contributed by atoms with Gasteiger partial charge in [-0.25, -0.2) is 9.99 Å². The number of hydrazine groups is 1. The molecule has 1 aromatic rings. The highest BCUT2D eigenvalue weighted by Crippen LogP contribution is 2.31. The van der Waals surface area contributed by atoms with Crippen molar-refractivity contribution in [1.82, 2.24) is 20.3 Å². The molecule has 0 saturated heterocycles. The number of ether oxygens (including phenoxy) is 2. The molecule has 3 aliphatic rings. The molecule has 3 heterocycles. The lowest BCUT2D eigenvalue weighted by atomic mass is 10.2. The van der Waals surface area contributed by atoms with Gasteiger partial charge in [0, 0.05) is 31.6 Å². The summed E-state index contributed by atoms with van der Waals surface area (Å²) in [7, 11) is 3.81. The minimum Gasteiger partial charge on any atom is -0.478 e. The summed E-state index contributed by atoms with van der Waals surface area (Å²) < 4.78 is 47.3. The zero-order chi connectivity index (χ0) is 23.1. The largest absolute Gasteiger partial charge is 0.478 e. The Morgan fingerprint density at radius 2 is 2.06 bits per heavy atom. The summed E-state index contributed by atoms with van der Waals surface area (Å²) in [5.74, 6) is 0.174. The highest BCUT2D eigenvalue weighted by molar-refractivity contribution is 5.63. The fraction of sp³-hybridized carbons (Fsp3) is 0.455. The van der Waals surface area contributed by atoms with Gasteiger partial charge in [-0.1, -0.05) is 12.8 Å². The number of pyridine rings is 1. The van der Waals surface area contributed by atoms with Gasteiger partial charge in [-0.05, 0) is 44.2 Å². The number of aldehydes is 1. The zero-order valence-electron chi connectivity index (χ0n) is 18.0. The molecule has 1 aliphatic carbocycles. The molecule has 32 heavy (non-hydrogen) atoms. The third kappa shape index (κ3) is 6.33. The summed E-state index contributed by atoms with van der Waals surface area (Å²) in [5, 5.41) is 6.75. The third-order valence-corrected chi connectivity index (χ3v) is 5.29. The van der Waals surface area contributed by atoms with E-state index in [0.717, 1.165) is 12.3 Å². The van der Waals surface area contributed by atoms with Crippen LogP contribution in [0.25, 0.3) is 0 Å². The van der Waals surface area contributed by atoms with E-state index in [2.05, 4.69) is 17.3 Å². The second-order valence-corrected chi connectivity index (χ2v) is 7.58. The first-order valence-corrected chi connectivity index (χ1v) is 10.4. The summed E-state index contributed by atoms with van der Waals surface area (Å²) >= 11 is 0. The topological polar surface area (TPSA) is 66.9 Å². The Hall–Kier alpha value is -2.85. The van der Waals surface area contributed by atoms with E-state index in [0.29, 0.717) is 11.5 Å². The molecule has 10 heteroatoms. The Kier molecular flexibility index (Phi) is 7.92. The number of carbonyl (C=O) groups is 1. The molecule has 1 fully saturated rings. The molecule has 1 atom stereocenters. The van der Waals surface area contributed by atoms with Gasteiger partial charge in [0.2, 0.25) is 0 Å². The monoisotopic (exact) mass is 452 g/mol. The van der Waals surface area contributed by atoms with Crippen molar-refractivity contribution in [1.29, 1.82) is 0 Å². The predicted octanol–water partition coefficient (Wildman–Crippen LogP) is 3.57. The van der Waals surface area contributed by atoms with Crippen LogP contribution in [0.5, 0.6) is 11.6 Å². The molecule has 2 aliphatic heterocycles. The molecule has 0 radical (unpaired) electrons. The van der Waals surface area contributed by atoms with E-state index in [-0.39, 0.29) is 11.6 Å². The standard InChI is InChI=1S/C16H14F3N3O3.C6H13N/c1-21-12(9-23)7-11-8-13(4-6-22(11)21)25-15-14(3-2-5-20-15)24-10-16(17,18)19;1-7-6-4-2-3-5-6/h2-9,12H,10H2,1H3;6-7H,2-5H2,1H3. The van der Waals surface area contributed by atoms with Crippen molar-refractivity contribution in [2.45, 2.75) is 43.9 Å². The maximum atomic E-state index is 12.3. The molecular weight excluding hydrogens is 425 g/mol. The minimum absolute atomic E-state index is 0.0741. The average Bonchev–Trinajstić information content (AvgIpc) is 3.41. The molecule has 174 valence electrons. The van der Waals surface area contributed by atoms with Crippen molar-refractivity contribution in [3.05, 3.63) is 54.2 Å². The second-order valence-electron chi connectivity index (χ2n) is 7.58. The summed E-state index contributed by atoms with van der Waals surface area (Å²) in [6.45, 7) is -1.44. The summed E-state index contributed by atoms with van der Waals surface area (Å²) in [6, 6.07) is 3.25. The van der Waals surface area contributed by atoms with Gasteiger partial charge in [-0.3, -0.25) is 5.01 Å². The number of fused-ring (bicyclic) bond motifs is 1. The first-order chi connectivity index (χ1) is 15.3. The number of nitrogens with zero attached hydrogens (tertiary/aromatic N) is 3. The summed E-state index contributed by atoms with van der Waals surface area (Å²) in [6.07, 6.45) is 10.1.